The molecular formula is C12H5ClF5N3O2S2. The molecule has 3 heterocycles. The summed E-state index contributed by atoms with van der Waals surface area (Å²) < 4.78 is 91.2. The highest BCUT2D eigenvalue weighted by Gasteiger charge is 2.36. The maximum atomic E-state index is 13.8. The van der Waals surface area contributed by atoms with E-state index in [2.05, 4.69) is 9.97 Å². The first-order valence-electron chi connectivity index (χ1n) is 6.21. The van der Waals surface area contributed by atoms with Crippen LogP contribution >= 0.6 is 22.9 Å². The molecule has 0 amide bonds. The number of halogens is 6. The Hall–Kier alpha value is -1.92. The van der Waals surface area contributed by atoms with Gasteiger partial charge in [-0.1, -0.05) is 11.6 Å². The molecule has 5 nitrogen and oxygen atoms in total. The van der Waals surface area contributed by atoms with Crippen LogP contribution in [0.3, 0.4) is 0 Å². The van der Waals surface area contributed by atoms with E-state index in [1.807, 2.05) is 0 Å². The number of rotatable bonds is 3. The molecule has 0 saturated carbocycles. The highest BCUT2D eigenvalue weighted by molar-refractivity contribution is 7.93. The molecule has 0 radical (unpaired) electrons. The van der Waals surface area contributed by atoms with Crippen LogP contribution in [0.2, 0.25) is 4.34 Å². The smallest absolute Gasteiger partial charge is 0.352 e. The first-order valence-corrected chi connectivity index (χ1v) is 8.89. The SMILES string of the molecule is O=S(=O)(Nc1nc(F)c(C(F)(F)F)cc1F)c1c[nH]c2sc(Cl)cc12. The van der Waals surface area contributed by atoms with Crippen molar-refractivity contribution in [2.24, 2.45) is 0 Å². The number of H-pyrrole nitrogens is 1. The van der Waals surface area contributed by atoms with Gasteiger partial charge in [0.25, 0.3) is 10.0 Å². The number of aromatic nitrogens is 2. The van der Waals surface area contributed by atoms with Gasteiger partial charge in [-0.05, 0) is 12.1 Å². The summed E-state index contributed by atoms with van der Waals surface area (Å²) in [6.45, 7) is 0. The van der Waals surface area contributed by atoms with Gasteiger partial charge in [0.05, 0.1) is 4.34 Å². The summed E-state index contributed by atoms with van der Waals surface area (Å²) in [5.74, 6) is -4.92. The fraction of sp³-hybridized carbons (Fsp3) is 0.0833. The van der Waals surface area contributed by atoms with Gasteiger partial charge in [-0.2, -0.15) is 22.5 Å². The Morgan fingerprint density at radius 1 is 1.24 bits per heavy atom. The van der Waals surface area contributed by atoms with Crippen LogP contribution in [0.25, 0.3) is 10.2 Å². The van der Waals surface area contributed by atoms with E-state index >= 15 is 0 Å². The lowest BCUT2D eigenvalue weighted by Crippen LogP contribution is -2.17. The van der Waals surface area contributed by atoms with Gasteiger partial charge in [-0.15, -0.1) is 11.3 Å². The summed E-state index contributed by atoms with van der Waals surface area (Å²) in [7, 11) is -4.45. The zero-order chi connectivity index (χ0) is 18.6. The van der Waals surface area contributed by atoms with Crippen LogP contribution in [-0.4, -0.2) is 18.4 Å². The fourth-order valence-corrected chi connectivity index (χ4v) is 4.35. The van der Waals surface area contributed by atoms with Gasteiger partial charge in [0, 0.05) is 11.6 Å². The van der Waals surface area contributed by atoms with Crippen molar-refractivity contribution in [3.63, 3.8) is 0 Å². The number of hydrogen-bond donors (Lipinski definition) is 2. The van der Waals surface area contributed by atoms with Gasteiger partial charge >= 0.3 is 6.18 Å². The number of anilines is 1. The van der Waals surface area contributed by atoms with Gasteiger partial charge in [0.15, 0.2) is 11.6 Å². The van der Waals surface area contributed by atoms with E-state index in [0.717, 1.165) is 17.5 Å². The molecule has 13 heteroatoms. The first-order chi connectivity index (χ1) is 11.5. The average Bonchev–Trinajstić information content (AvgIpc) is 2.99. The number of sulfonamides is 1. The topological polar surface area (TPSA) is 74.8 Å². The van der Waals surface area contributed by atoms with Crippen LogP contribution < -0.4 is 4.72 Å². The molecule has 0 aliphatic rings. The van der Waals surface area contributed by atoms with Crippen LogP contribution in [0.1, 0.15) is 5.56 Å². The maximum Gasteiger partial charge on any atom is 0.420 e. The Morgan fingerprint density at radius 2 is 1.92 bits per heavy atom. The second-order valence-corrected chi connectivity index (χ2v) is 8.04. The molecular weight excluding hydrogens is 413 g/mol. The molecule has 134 valence electrons. The predicted molar refractivity (Wildman–Crippen MR) is 81.1 cm³/mol. The number of alkyl halides is 3. The Balaban J connectivity index is 2.03. The van der Waals surface area contributed by atoms with E-state index in [1.54, 1.807) is 4.72 Å². The number of nitrogens with one attached hydrogen (secondary N) is 2. The van der Waals surface area contributed by atoms with Gasteiger partial charge in [-0.3, -0.25) is 4.72 Å². The third-order valence-electron chi connectivity index (χ3n) is 3.06. The zero-order valence-corrected chi connectivity index (χ0v) is 14.0. The van der Waals surface area contributed by atoms with E-state index in [4.69, 9.17) is 11.6 Å². The molecule has 3 aromatic heterocycles. The maximum absolute atomic E-state index is 13.8. The van der Waals surface area contributed by atoms with E-state index in [9.17, 15) is 30.4 Å². The molecule has 0 bridgehead atoms. The van der Waals surface area contributed by atoms with Gasteiger partial charge in [0.1, 0.15) is 15.3 Å². The van der Waals surface area contributed by atoms with E-state index in [1.165, 1.54) is 6.07 Å². The Bertz CT molecular complexity index is 1070. The summed E-state index contributed by atoms with van der Waals surface area (Å²) in [5, 5.41) is 0.190. The standard InChI is InChI=1S/C12H5ClF5N3O2S2/c13-8-1-4-7(3-19-11(4)24-8)25(22,23)21-10-6(14)2-5(9(15)20-10)12(16,17)18/h1-3,19H,(H,20,21). The lowest BCUT2D eigenvalue weighted by Gasteiger charge is -2.11. The molecule has 0 fully saturated rings. The molecule has 0 aliphatic carbocycles. The second-order valence-electron chi connectivity index (χ2n) is 4.71. The van der Waals surface area contributed by atoms with Crippen molar-refractivity contribution in [2.45, 2.75) is 11.1 Å². The summed E-state index contributed by atoms with van der Waals surface area (Å²) in [5.41, 5.74) is -1.94. The van der Waals surface area contributed by atoms with Gasteiger partial charge in [0.2, 0.25) is 5.95 Å². The minimum atomic E-state index is -5.17. The average molecular weight is 418 g/mol. The number of hydrogen-bond acceptors (Lipinski definition) is 4. The second kappa shape index (κ2) is 5.81. The highest BCUT2D eigenvalue weighted by atomic mass is 35.5. The third-order valence-corrected chi connectivity index (χ3v) is 5.63. The van der Waals surface area contributed by atoms with Gasteiger partial charge < -0.3 is 4.98 Å². The Kier molecular flexibility index (Phi) is 4.16. The lowest BCUT2D eigenvalue weighted by atomic mass is 10.2. The predicted octanol–water partition coefficient (Wildman–Crippen LogP) is 4.38. The summed E-state index contributed by atoms with van der Waals surface area (Å²) >= 11 is 6.82. The van der Waals surface area contributed by atoms with Crippen molar-refractivity contribution in [1.82, 2.24) is 9.97 Å². The molecule has 0 atom stereocenters. The van der Waals surface area contributed by atoms with Gasteiger partial charge in [-0.25, -0.2) is 12.8 Å². The monoisotopic (exact) mass is 417 g/mol. The molecule has 25 heavy (non-hydrogen) atoms. The summed E-state index contributed by atoms with van der Waals surface area (Å²) in [6.07, 6.45) is -4.09. The molecule has 0 saturated heterocycles. The van der Waals surface area contributed by atoms with Crippen molar-refractivity contribution in [3.8, 4) is 0 Å². The molecule has 3 aromatic rings. The van der Waals surface area contributed by atoms with Crippen LogP contribution in [0.15, 0.2) is 23.2 Å². The molecule has 3 rings (SSSR count). The largest absolute Gasteiger partial charge is 0.420 e. The van der Waals surface area contributed by atoms with Crippen molar-refractivity contribution in [1.29, 1.82) is 0 Å². The van der Waals surface area contributed by atoms with Crippen LogP contribution in [0, 0.1) is 11.8 Å². The summed E-state index contributed by atoms with van der Waals surface area (Å²) in [4.78, 5) is 5.44. The molecule has 2 N–H and O–H groups in total. The number of fused-ring (bicyclic) bond motifs is 1. The molecule has 0 aromatic carbocycles. The minimum Gasteiger partial charge on any atom is -0.352 e. The van der Waals surface area contributed by atoms with E-state index < -0.39 is 39.3 Å². The molecule has 0 aliphatic heterocycles. The van der Waals surface area contributed by atoms with Crippen molar-refractivity contribution >= 4 is 49.0 Å². The Labute approximate surface area is 145 Å². The van der Waals surface area contributed by atoms with Crippen molar-refractivity contribution in [2.75, 3.05) is 4.72 Å². The Morgan fingerprint density at radius 3 is 2.56 bits per heavy atom. The third kappa shape index (κ3) is 3.28. The van der Waals surface area contributed by atoms with Crippen LogP contribution in [0.5, 0.6) is 0 Å². The highest BCUT2D eigenvalue weighted by Crippen LogP contribution is 2.35. The molecule has 0 unspecified atom stereocenters. The van der Waals surface area contributed by atoms with Crippen molar-refractivity contribution < 1.29 is 30.4 Å². The number of pyridine rings is 1. The van der Waals surface area contributed by atoms with Crippen LogP contribution in [0.4, 0.5) is 27.8 Å². The lowest BCUT2D eigenvalue weighted by molar-refractivity contribution is -0.140. The zero-order valence-electron chi connectivity index (χ0n) is 11.6. The minimum absolute atomic E-state index is 0.172. The number of nitrogens with zero attached hydrogens (tertiary/aromatic N) is 1. The van der Waals surface area contributed by atoms with E-state index in [0.29, 0.717) is 4.83 Å². The normalized spacial score (nSPS) is 12.7. The first kappa shape index (κ1) is 17.9. The quantitative estimate of drug-likeness (QED) is 0.490. The van der Waals surface area contributed by atoms with Crippen molar-refractivity contribution in [3.05, 3.63) is 40.0 Å². The summed E-state index contributed by atoms with van der Waals surface area (Å²) in [6, 6.07) is 1.16. The molecule has 0 spiro atoms. The van der Waals surface area contributed by atoms with E-state index in [-0.39, 0.29) is 20.7 Å². The van der Waals surface area contributed by atoms with Crippen LogP contribution in [-0.2, 0) is 16.2 Å². The number of thiophene rings is 1. The fourth-order valence-electron chi connectivity index (χ4n) is 2.00. The number of aromatic amines is 1.